The lowest BCUT2D eigenvalue weighted by Crippen LogP contribution is -2.43. The lowest BCUT2D eigenvalue weighted by atomic mass is 10.1. The van der Waals surface area contributed by atoms with Crippen molar-refractivity contribution < 1.29 is 14.4 Å². The van der Waals surface area contributed by atoms with Crippen molar-refractivity contribution >= 4 is 29.1 Å². The van der Waals surface area contributed by atoms with Crippen LogP contribution in [0.4, 0.5) is 11.4 Å². The number of imide groups is 1. The van der Waals surface area contributed by atoms with Crippen LogP contribution in [0.1, 0.15) is 11.1 Å². The van der Waals surface area contributed by atoms with E-state index in [1.165, 1.54) is 5.01 Å². The maximum atomic E-state index is 12.9. The third-order valence-electron chi connectivity index (χ3n) is 4.92. The smallest absolute Gasteiger partial charge is 0.263 e. The fourth-order valence-electron chi connectivity index (χ4n) is 3.52. The Morgan fingerprint density at radius 3 is 2.36 bits per heavy atom. The van der Waals surface area contributed by atoms with Crippen molar-refractivity contribution in [3.63, 3.8) is 0 Å². The summed E-state index contributed by atoms with van der Waals surface area (Å²) < 4.78 is 0. The number of hydrogen-bond acceptors (Lipinski definition) is 6. The minimum Gasteiger partial charge on any atom is -0.324 e. The lowest BCUT2D eigenvalue weighted by Gasteiger charge is -2.20. The Kier molecular flexibility index (Phi) is 4.38. The number of carbonyl (C=O) groups excluding carboxylic acids is 3. The molecule has 1 fully saturated rings. The van der Waals surface area contributed by atoms with Gasteiger partial charge in [0, 0.05) is 5.69 Å². The number of aryl methyl sites for hydroxylation is 2. The summed E-state index contributed by atoms with van der Waals surface area (Å²) in [5.41, 5.74) is 3.11. The summed E-state index contributed by atoms with van der Waals surface area (Å²) in [6, 6.07) is 12.6. The van der Waals surface area contributed by atoms with Gasteiger partial charge in [0.2, 0.25) is 5.91 Å². The zero-order chi connectivity index (χ0) is 19.8. The van der Waals surface area contributed by atoms with E-state index in [1.807, 2.05) is 32.0 Å². The topological polar surface area (TPSA) is 94.4 Å². The summed E-state index contributed by atoms with van der Waals surface area (Å²) in [6.45, 7) is 3.65. The molecule has 3 amide bonds. The van der Waals surface area contributed by atoms with Crippen LogP contribution >= 0.6 is 0 Å². The average Bonchev–Trinajstić information content (AvgIpc) is 3.19. The van der Waals surface area contributed by atoms with Crippen LogP contribution < -0.4 is 10.2 Å². The van der Waals surface area contributed by atoms with Gasteiger partial charge in [-0.3, -0.25) is 19.4 Å². The molecule has 142 valence electrons. The van der Waals surface area contributed by atoms with E-state index in [0.717, 1.165) is 21.7 Å². The van der Waals surface area contributed by atoms with Gasteiger partial charge >= 0.3 is 0 Å². The molecule has 1 saturated heterocycles. The number of hydrogen-bond donors (Lipinski definition) is 1. The second kappa shape index (κ2) is 6.88. The van der Waals surface area contributed by atoms with E-state index in [9.17, 15) is 14.4 Å². The highest BCUT2D eigenvalue weighted by Crippen LogP contribution is 2.31. The van der Waals surface area contributed by atoms with Gasteiger partial charge in [-0.15, -0.1) is 0 Å². The quantitative estimate of drug-likeness (QED) is 0.827. The van der Waals surface area contributed by atoms with E-state index in [0.29, 0.717) is 5.69 Å². The number of fused-ring (bicyclic) bond motifs is 1. The molecule has 4 rings (SSSR count). The molecule has 2 atom stereocenters. The van der Waals surface area contributed by atoms with Gasteiger partial charge < -0.3 is 5.32 Å². The van der Waals surface area contributed by atoms with Crippen molar-refractivity contribution in [2.45, 2.75) is 25.9 Å². The molecule has 2 heterocycles. The Morgan fingerprint density at radius 2 is 1.68 bits per heavy atom. The number of nitrogens with zero attached hydrogens (tertiary/aromatic N) is 4. The molecule has 2 aliphatic heterocycles. The molecule has 2 aliphatic rings. The number of rotatable bonds is 4. The van der Waals surface area contributed by atoms with Crippen molar-refractivity contribution in [3.8, 4) is 0 Å². The van der Waals surface area contributed by atoms with Gasteiger partial charge in [-0.1, -0.05) is 41.6 Å². The molecular formula is C20H19N5O3. The average molecular weight is 377 g/mol. The number of amides is 3. The Morgan fingerprint density at radius 1 is 1.00 bits per heavy atom. The Labute approximate surface area is 161 Å². The molecule has 2 aromatic rings. The summed E-state index contributed by atoms with van der Waals surface area (Å²) in [7, 11) is 0. The van der Waals surface area contributed by atoms with Crippen LogP contribution in [0.2, 0.25) is 0 Å². The predicted octanol–water partition coefficient (Wildman–Crippen LogP) is 2.24. The van der Waals surface area contributed by atoms with E-state index in [4.69, 9.17) is 0 Å². The monoisotopic (exact) mass is 377 g/mol. The number of benzene rings is 2. The fraction of sp³-hybridized carbons (Fsp3) is 0.250. The largest absolute Gasteiger partial charge is 0.324 e. The molecule has 0 aliphatic carbocycles. The zero-order valence-corrected chi connectivity index (χ0v) is 15.5. The second-order valence-electron chi connectivity index (χ2n) is 6.85. The SMILES string of the molecule is Cc1cccc(C)c1NC(=O)CN1N=N[C@@H]2C(=O)N(c3ccccc3)C(=O)[C@H]21. The van der Waals surface area contributed by atoms with Crippen molar-refractivity contribution in [3.05, 3.63) is 59.7 Å². The van der Waals surface area contributed by atoms with E-state index in [-0.39, 0.29) is 12.5 Å². The Bertz CT molecular complexity index is 968. The van der Waals surface area contributed by atoms with Crippen LogP contribution in [-0.4, -0.2) is 41.4 Å². The normalized spacial score (nSPS) is 20.6. The summed E-state index contributed by atoms with van der Waals surface area (Å²) in [6.07, 6.45) is 0. The molecule has 0 radical (unpaired) electrons. The first kappa shape index (κ1) is 17.8. The molecule has 0 spiro atoms. The second-order valence-corrected chi connectivity index (χ2v) is 6.85. The first-order chi connectivity index (χ1) is 13.5. The van der Waals surface area contributed by atoms with Crippen molar-refractivity contribution in [2.24, 2.45) is 10.3 Å². The number of carbonyl (C=O) groups is 3. The molecule has 2 aromatic carbocycles. The van der Waals surface area contributed by atoms with Crippen LogP contribution in [-0.2, 0) is 14.4 Å². The highest BCUT2D eigenvalue weighted by atomic mass is 16.2. The molecule has 8 nitrogen and oxygen atoms in total. The molecule has 28 heavy (non-hydrogen) atoms. The maximum Gasteiger partial charge on any atom is 0.263 e. The first-order valence-electron chi connectivity index (χ1n) is 8.93. The van der Waals surface area contributed by atoms with Gasteiger partial charge in [0.05, 0.1) is 5.69 Å². The van der Waals surface area contributed by atoms with Gasteiger partial charge in [-0.25, -0.2) is 4.90 Å². The van der Waals surface area contributed by atoms with Gasteiger partial charge in [0.1, 0.15) is 6.54 Å². The van der Waals surface area contributed by atoms with E-state index < -0.39 is 23.9 Å². The number of anilines is 2. The van der Waals surface area contributed by atoms with Gasteiger partial charge in [0.25, 0.3) is 11.8 Å². The molecule has 0 saturated carbocycles. The molecule has 0 bridgehead atoms. The van der Waals surface area contributed by atoms with Gasteiger partial charge in [-0.05, 0) is 37.1 Å². The van der Waals surface area contributed by atoms with E-state index >= 15 is 0 Å². The molecule has 0 aromatic heterocycles. The third kappa shape index (κ3) is 2.92. The highest BCUT2D eigenvalue weighted by Gasteiger charge is 2.55. The predicted molar refractivity (Wildman–Crippen MR) is 103 cm³/mol. The Hall–Kier alpha value is -3.55. The highest BCUT2D eigenvalue weighted by molar-refractivity contribution is 6.25. The van der Waals surface area contributed by atoms with Crippen LogP contribution in [0.5, 0.6) is 0 Å². The molecule has 1 N–H and O–H groups in total. The summed E-state index contributed by atoms with van der Waals surface area (Å²) in [5, 5.41) is 12.0. The minimum atomic E-state index is -0.916. The van der Waals surface area contributed by atoms with E-state index in [1.54, 1.807) is 30.3 Å². The molecule has 8 heteroatoms. The maximum absolute atomic E-state index is 12.9. The van der Waals surface area contributed by atoms with E-state index in [2.05, 4.69) is 15.7 Å². The number of nitrogens with one attached hydrogen (secondary N) is 1. The van der Waals surface area contributed by atoms with Crippen molar-refractivity contribution in [2.75, 3.05) is 16.8 Å². The van der Waals surface area contributed by atoms with Crippen molar-refractivity contribution in [1.82, 2.24) is 5.01 Å². The van der Waals surface area contributed by atoms with Crippen LogP contribution in [0.3, 0.4) is 0 Å². The van der Waals surface area contributed by atoms with Crippen LogP contribution in [0.25, 0.3) is 0 Å². The standard InChI is InChI=1S/C20H19N5O3/c1-12-7-6-8-13(2)16(12)21-15(26)11-24-18-17(22-23-24)19(27)25(20(18)28)14-9-4-3-5-10-14/h3-10,17-18H,11H2,1-2H3,(H,21,26)/t17-,18-/m0/s1. The summed E-state index contributed by atoms with van der Waals surface area (Å²) in [5.74, 6) is -1.18. The fourth-order valence-corrected chi connectivity index (χ4v) is 3.52. The van der Waals surface area contributed by atoms with Crippen LogP contribution in [0.15, 0.2) is 58.9 Å². The molecule has 0 unspecified atom stereocenters. The van der Waals surface area contributed by atoms with Gasteiger partial charge in [0.15, 0.2) is 12.1 Å². The first-order valence-corrected chi connectivity index (χ1v) is 8.93. The zero-order valence-electron chi connectivity index (χ0n) is 15.5. The summed E-state index contributed by atoms with van der Waals surface area (Å²) in [4.78, 5) is 39.2. The Balaban J connectivity index is 1.50. The van der Waals surface area contributed by atoms with Crippen molar-refractivity contribution in [1.29, 1.82) is 0 Å². The van der Waals surface area contributed by atoms with Gasteiger partial charge in [-0.2, -0.15) is 5.11 Å². The lowest BCUT2D eigenvalue weighted by molar-refractivity contribution is -0.123. The minimum absolute atomic E-state index is 0.167. The molecular weight excluding hydrogens is 358 g/mol. The summed E-state index contributed by atoms with van der Waals surface area (Å²) >= 11 is 0. The van der Waals surface area contributed by atoms with Crippen LogP contribution in [0, 0.1) is 13.8 Å². The third-order valence-corrected chi connectivity index (χ3v) is 4.92. The number of para-hydroxylation sites is 2.